The van der Waals surface area contributed by atoms with E-state index in [1.807, 2.05) is 48.5 Å². The SMILES string of the molecule is O=c1c2ccccc2sc2c1ccc1ccccc12. The zero-order chi connectivity index (χ0) is 12.8. The van der Waals surface area contributed by atoms with Gasteiger partial charge in [0.05, 0.1) is 0 Å². The molecule has 0 radical (unpaired) electrons. The van der Waals surface area contributed by atoms with Gasteiger partial charge in [-0.15, -0.1) is 11.3 Å². The van der Waals surface area contributed by atoms with E-state index in [9.17, 15) is 4.79 Å². The molecule has 4 rings (SSSR count). The quantitative estimate of drug-likeness (QED) is 0.335. The maximum Gasteiger partial charge on any atom is 0.195 e. The third-order valence-corrected chi connectivity index (χ3v) is 4.69. The van der Waals surface area contributed by atoms with Crippen molar-refractivity contribution >= 4 is 42.3 Å². The highest BCUT2D eigenvalue weighted by atomic mass is 32.1. The highest BCUT2D eigenvalue weighted by Crippen LogP contribution is 2.30. The van der Waals surface area contributed by atoms with Crippen molar-refractivity contribution in [3.63, 3.8) is 0 Å². The molecule has 1 aromatic heterocycles. The lowest BCUT2D eigenvalue weighted by Gasteiger charge is -2.04. The molecule has 4 aromatic rings. The molecule has 0 spiro atoms. The Morgan fingerprint density at radius 2 is 1.42 bits per heavy atom. The lowest BCUT2D eigenvalue weighted by molar-refractivity contribution is 1.75. The Morgan fingerprint density at radius 1 is 0.684 bits per heavy atom. The van der Waals surface area contributed by atoms with Gasteiger partial charge in [-0.2, -0.15) is 0 Å². The summed E-state index contributed by atoms with van der Waals surface area (Å²) in [6.07, 6.45) is 0. The van der Waals surface area contributed by atoms with Crippen LogP contribution in [-0.2, 0) is 0 Å². The Labute approximate surface area is 113 Å². The number of hydrogen-bond donors (Lipinski definition) is 0. The summed E-state index contributed by atoms with van der Waals surface area (Å²) in [6.45, 7) is 0. The second-order valence-corrected chi connectivity index (χ2v) is 5.64. The predicted octanol–water partition coefficient (Wildman–Crippen LogP) is 4.57. The highest BCUT2D eigenvalue weighted by Gasteiger charge is 2.07. The van der Waals surface area contributed by atoms with Gasteiger partial charge in [0.2, 0.25) is 0 Å². The second-order valence-electron chi connectivity index (χ2n) is 4.59. The van der Waals surface area contributed by atoms with Crippen LogP contribution in [-0.4, -0.2) is 0 Å². The highest BCUT2D eigenvalue weighted by molar-refractivity contribution is 7.25. The molecular formula is C17H10OS. The van der Waals surface area contributed by atoms with Gasteiger partial charge in [0, 0.05) is 20.2 Å². The van der Waals surface area contributed by atoms with Crippen LogP contribution in [0, 0.1) is 0 Å². The Hall–Kier alpha value is -2.19. The number of rotatable bonds is 0. The van der Waals surface area contributed by atoms with E-state index in [-0.39, 0.29) is 5.43 Å². The van der Waals surface area contributed by atoms with E-state index in [1.165, 1.54) is 5.39 Å². The molecule has 19 heavy (non-hydrogen) atoms. The zero-order valence-electron chi connectivity index (χ0n) is 10.1. The lowest BCUT2D eigenvalue weighted by atomic mass is 10.1. The molecule has 0 aliphatic rings. The van der Waals surface area contributed by atoms with Crippen LogP contribution in [0.1, 0.15) is 0 Å². The molecule has 3 aromatic carbocycles. The van der Waals surface area contributed by atoms with Crippen LogP contribution in [0.25, 0.3) is 30.9 Å². The molecule has 2 heteroatoms. The van der Waals surface area contributed by atoms with Gasteiger partial charge in [0.1, 0.15) is 0 Å². The number of fused-ring (bicyclic) bond motifs is 4. The summed E-state index contributed by atoms with van der Waals surface area (Å²) in [5.74, 6) is 0. The normalized spacial score (nSPS) is 11.4. The molecule has 0 unspecified atom stereocenters. The van der Waals surface area contributed by atoms with E-state index in [0.29, 0.717) is 0 Å². The first kappa shape index (κ1) is 10.7. The summed E-state index contributed by atoms with van der Waals surface area (Å²) in [5, 5.41) is 3.98. The average Bonchev–Trinajstić information content (AvgIpc) is 2.47. The first-order valence-electron chi connectivity index (χ1n) is 6.18. The van der Waals surface area contributed by atoms with Crippen molar-refractivity contribution in [1.82, 2.24) is 0 Å². The summed E-state index contributed by atoms with van der Waals surface area (Å²) < 4.78 is 2.14. The van der Waals surface area contributed by atoms with E-state index in [0.717, 1.165) is 25.6 Å². The molecule has 0 aliphatic heterocycles. The van der Waals surface area contributed by atoms with Crippen LogP contribution >= 0.6 is 11.3 Å². The number of benzene rings is 3. The Kier molecular flexibility index (Phi) is 2.20. The van der Waals surface area contributed by atoms with Gasteiger partial charge in [-0.25, -0.2) is 0 Å². The van der Waals surface area contributed by atoms with Gasteiger partial charge in [0.15, 0.2) is 5.43 Å². The fourth-order valence-corrected chi connectivity index (χ4v) is 3.73. The van der Waals surface area contributed by atoms with Crippen molar-refractivity contribution < 1.29 is 0 Å². The fourth-order valence-electron chi connectivity index (χ4n) is 2.53. The third kappa shape index (κ3) is 1.50. The van der Waals surface area contributed by atoms with Gasteiger partial charge in [-0.05, 0) is 29.0 Å². The molecular weight excluding hydrogens is 252 g/mol. The van der Waals surface area contributed by atoms with Crippen LogP contribution in [0.5, 0.6) is 0 Å². The van der Waals surface area contributed by atoms with E-state index in [2.05, 4.69) is 12.1 Å². The van der Waals surface area contributed by atoms with E-state index in [1.54, 1.807) is 11.3 Å². The maximum atomic E-state index is 12.5. The predicted molar refractivity (Wildman–Crippen MR) is 83.1 cm³/mol. The van der Waals surface area contributed by atoms with Crippen LogP contribution in [0.3, 0.4) is 0 Å². The minimum atomic E-state index is 0.134. The van der Waals surface area contributed by atoms with Crippen molar-refractivity contribution in [2.45, 2.75) is 0 Å². The minimum absolute atomic E-state index is 0.134. The fraction of sp³-hybridized carbons (Fsp3) is 0. The summed E-state index contributed by atoms with van der Waals surface area (Å²) in [6, 6.07) is 20.0. The van der Waals surface area contributed by atoms with Gasteiger partial charge in [0.25, 0.3) is 0 Å². The first-order valence-corrected chi connectivity index (χ1v) is 6.99. The molecule has 0 fully saturated rings. The first-order chi connectivity index (χ1) is 9.34. The molecule has 90 valence electrons. The van der Waals surface area contributed by atoms with Crippen molar-refractivity contribution in [2.75, 3.05) is 0 Å². The van der Waals surface area contributed by atoms with Crippen LogP contribution in [0.15, 0.2) is 65.5 Å². The third-order valence-electron chi connectivity index (χ3n) is 3.47. The summed E-state index contributed by atoms with van der Waals surface area (Å²) in [5.41, 5.74) is 0.134. The Bertz CT molecular complexity index is 982. The summed E-state index contributed by atoms with van der Waals surface area (Å²) in [7, 11) is 0. The summed E-state index contributed by atoms with van der Waals surface area (Å²) >= 11 is 1.69. The van der Waals surface area contributed by atoms with Crippen molar-refractivity contribution in [3.05, 3.63) is 70.9 Å². The van der Waals surface area contributed by atoms with Gasteiger partial charge in [-0.1, -0.05) is 42.5 Å². The van der Waals surface area contributed by atoms with Gasteiger partial charge >= 0.3 is 0 Å². The molecule has 0 saturated carbocycles. The molecule has 0 aliphatic carbocycles. The van der Waals surface area contributed by atoms with Crippen LogP contribution < -0.4 is 5.43 Å². The standard InChI is InChI=1S/C17H10OS/c18-16-13-7-3-4-8-15(13)19-17-12-6-2-1-5-11(12)9-10-14(16)17/h1-10H. The van der Waals surface area contributed by atoms with E-state index >= 15 is 0 Å². The van der Waals surface area contributed by atoms with Crippen LogP contribution in [0.4, 0.5) is 0 Å². The van der Waals surface area contributed by atoms with E-state index < -0.39 is 0 Å². The van der Waals surface area contributed by atoms with Crippen LogP contribution in [0.2, 0.25) is 0 Å². The summed E-state index contributed by atoms with van der Waals surface area (Å²) in [4.78, 5) is 12.5. The second kappa shape index (κ2) is 3.90. The largest absolute Gasteiger partial charge is 0.289 e. The average molecular weight is 262 g/mol. The lowest BCUT2D eigenvalue weighted by Crippen LogP contribution is -2.00. The molecule has 0 atom stereocenters. The molecule has 0 bridgehead atoms. The van der Waals surface area contributed by atoms with Gasteiger partial charge < -0.3 is 0 Å². The molecule has 0 amide bonds. The van der Waals surface area contributed by atoms with Gasteiger partial charge in [-0.3, -0.25) is 4.79 Å². The number of hydrogen-bond acceptors (Lipinski definition) is 2. The smallest absolute Gasteiger partial charge is 0.195 e. The maximum absolute atomic E-state index is 12.5. The van der Waals surface area contributed by atoms with Crippen molar-refractivity contribution in [3.8, 4) is 0 Å². The molecule has 0 saturated heterocycles. The van der Waals surface area contributed by atoms with Crippen molar-refractivity contribution in [2.24, 2.45) is 0 Å². The molecule has 1 nitrogen and oxygen atoms in total. The Morgan fingerprint density at radius 3 is 2.32 bits per heavy atom. The molecule has 1 heterocycles. The Balaban J connectivity index is 2.36. The zero-order valence-corrected chi connectivity index (χ0v) is 10.9. The monoisotopic (exact) mass is 262 g/mol. The molecule has 0 N–H and O–H groups in total. The topological polar surface area (TPSA) is 17.1 Å². The minimum Gasteiger partial charge on any atom is -0.289 e. The van der Waals surface area contributed by atoms with Crippen molar-refractivity contribution in [1.29, 1.82) is 0 Å². The van der Waals surface area contributed by atoms with E-state index in [4.69, 9.17) is 0 Å².